The van der Waals surface area contributed by atoms with Crippen molar-refractivity contribution in [2.24, 2.45) is 0 Å². The second-order valence-corrected chi connectivity index (χ2v) is 9.08. The Balaban J connectivity index is 1.55. The highest BCUT2D eigenvalue weighted by atomic mass is 32.2. The van der Waals surface area contributed by atoms with Gasteiger partial charge in [-0.3, -0.25) is 9.80 Å². The highest BCUT2D eigenvalue weighted by Gasteiger charge is 2.26. The number of benzene rings is 2. The van der Waals surface area contributed by atoms with Crippen LogP contribution in [0.5, 0.6) is 0 Å². The molecule has 0 aliphatic carbocycles. The van der Waals surface area contributed by atoms with Crippen LogP contribution in [0, 0.1) is 11.3 Å². The molecule has 0 saturated carbocycles. The van der Waals surface area contributed by atoms with Gasteiger partial charge in [-0.2, -0.15) is 14.0 Å². The van der Waals surface area contributed by atoms with Gasteiger partial charge in [0.05, 0.1) is 16.5 Å². The zero-order valence-corrected chi connectivity index (χ0v) is 16.8. The number of nitriles is 1. The largest absolute Gasteiger partial charge is 0.341 e. The highest BCUT2D eigenvalue weighted by Crippen LogP contribution is 2.19. The van der Waals surface area contributed by atoms with Crippen LogP contribution in [0.1, 0.15) is 23.1 Å². The number of hydrogen-bond acceptors (Lipinski definition) is 5. The fourth-order valence-electron chi connectivity index (χ4n) is 3.43. The van der Waals surface area contributed by atoms with Crippen LogP contribution < -0.4 is 0 Å². The Morgan fingerprint density at radius 2 is 1.34 bits per heavy atom. The van der Waals surface area contributed by atoms with Crippen molar-refractivity contribution in [3.63, 3.8) is 0 Å². The number of alkyl halides is 2. The maximum absolute atomic E-state index is 12.6. The summed E-state index contributed by atoms with van der Waals surface area (Å²) in [4.78, 5) is 4.32. The van der Waals surface area contributed by atoms with E-state index in [4.69, 9.17) is 5.26 Å². The van der Waals surface area contributed by atoms with Crippen LogP contribution in [0.15, 0.2) is 53.4 Å². The van der Waals surface area contributed by atoms with Crippen molar-refractivity contribution in [3.8, 4) is 6.07 Å². The molecule has 0 atom stereocenters. The predicted octanol–water partition coefficient (Wildman–Crippen LogP) is 3.26. The summed E-state index contributed by atoms with van der Waals surface area (Å²) in [6.45, 7) is 5.15. The standard InChI is InChI=1S/C21H23F2N3O2S/c22-21(23)29(27,28)20-8-6-19(7-9-20)16-26-11-1-10-25(12-13-26)15-18-4-2-17(14-24)3-5-18/h2-9,21H,1,10-13,15-16H2. The third-order valence-corrected chi connectivity index (χ3v) is 6.46. The minimum Gasteiger partial charge on any atom is -0.298 e. The smallest absolute Gasteiger partial charge is 0.298 e. The van der Waals surface area contributed by atoms with E-state index in [1.54, 1.807) is 12.1 Å². The Hall–Kier alpha value is -2.34. The van der Waals surface area contributed by atoms with Gasteiger partial charge >= 0.3 is 5.76 Å². The molecule has 1 saturated heterocycles. The second-order valence-electron chi connectivity index (χ2n) is 7.16. The molecule has 1 heterocycles. The number of halogens is 2. The Bertz CT molecular complexity index is 955. The van der Waals surface area contributed by atoms with Gasteiger partial charge in [-0.25, -0.2) is 8.42 Å². The molecule has 0 N–H and O–H groups in total. The summed E-state index contributed by atoms with van der Waals surface area (Å²) in [6.07, 6.45) is 1.01. The molecule has 8 heteroatoms. The summed E-state index contributed by atoms with van der Waals surface area (Å²) in [5, 5.41) is 8.89. The van der Waals surface area contributed by atoms with Crippen molar-refractivity contribution in [3.05, 3.63) is 65.2 Å². The van der Waals surface area contributed by atoms with Gasteiger partial charge in [-0.1, -0.05) is 24.3 Å². The molecule has 1 fully saturated rings. The molecule has 0 spiro atoms. The monoisotopic (exact) mass is 419 g/mol. The topological polar surface area (TPSA) is 64.4 Å². The lowest BCUT2D eigenvalue weighted by atomic mass is 10.1. The van der Waals surface area contributed by atoms with E-state index in [0.717, 1.165) is 44.7 Å². The molecule has 0 amide bonds. The first-order valence-corrected chi connectivity index (χ1v) is 11.0. The minimum absolute atomic E-state index is 0.347. The average Bonchev–Trinajstić information content (AvgIpc) is 2.94. The molecule has 0 bridgehead atoms. The maximum atomic E-state index is 12.6. The van der Waals surface area contributed by atoms with E-state index in [9.17, 15) is 17.2 Å². The third-order valence-electron chi connectivity index (χ3n) is 5.06. The van der Waals surface area contributed by atoms with Gasteiger partial charge in [0.15, 0.2) is 0 Å². The molecule has 2 aromatic rings. The maximum Gasteiger partial charge on any atom is 0.341 e. The summed E-state index contributed by atoms with van der Waals surface area (Å²) < 4.78 is 48.3. The summed E-state index contributed by atoms with van der Waals surface area (Å²) >= 11 is 0. The first-order valence-electron chi connectivity index (χ1n) is 9.43. The molecule has 154 valence electrons. The van der Waals surface area contributed by atoms with Gasteiger partial charge in [-0.05, 0) is 54.9 Å². The highest BCUT2D eigenvalue weighted by molar-refractivity contribution is 7.91. The van der Waals surface area contributed by atoms with Crippen molar-refractivity contribution in [2.75, 3.05) is 26.2 Å². The summed E-state index contributed by atoms with van der Waals surface area (Å²) in [5.41, 5.74) is 2.73. The predicted molar refractivity (Wildman–Crippen MR) is 106 cm³/mol. The number of nitrogens with zero attached hydrogens (tertiary/aromatic N) is 3. The van der Waals surface area contributed by atoms with Crippen molar-refractivity contribution in [1.82, 2.24) is 9.80 Å². The molecule has 5 nitrogen and oxygen atoms in total. The zero-order chi connectivity index (χ0) is 20.9. The lowest BCUT2D eigenvalue weighted by Gasteiger charge is -2.22. The van der Waals surface area contributed by atoms with Crippen molar-refractivity contribution >= 4 is 9.84 Å². The molecule has 1 aliphatic rings. The first kappa shape index (κ1) is 21.4. The molecule has 0 unspecified atom stereocenters. The minimum atomic E-state index is -4.55. The quantitative estimate of drug-likeness (QED) is 0.719. The van der Waals surface area contributed by atoms with Gasteiger partial charge in [0.25, 0.3) is 0 Å². The van der Waals surface area contributed by atoms with Crippen molar-refractivity contribution in [1.29, 1.82) is 5.26 Å². The van der Waals surface area contributed by atoms with Gasteiger partial charge in [0.1, 0.15) is 0 Å². The molecular weight excluding hydrogens is 396 g/mol. The number of sulfone groups is 1. The van der Waals surface area contributed by atoms with E-state index in [1.807, 2.05) is 24.3 Å². The second kappa shape index (κ2) is 9.44. The molecule has 1 aliphatic heterocycles. The normalized spacial score (nSPS) is 16.5. The summed E-state index contributed by atoms with van der Waals surface area (Å²) in [6, 6.07) is 15.5. The van der Waals surface area contributed by atoms with Gasteiger partial charge in [0, 0.05) is 26.2 Å². The Labute approximate surface area is 170 Å². The van der Waals surface area contributed by atoms with E-state index in [2.05, 4.69) is 15.9 Å². The molecule has 0 radical (unpaired) electrons. The van der Waals surface area contributed by atoms with E-state index in [0.29, 0.717) is 12.1 Å². The van der Waals surface area contributed by atoms with Gasteiger partial charge < -0.3 is 0 Å². The fourth-order valence-corrected chi connectivity index (χ4v) is 4.15. The number of hydrogen-bond donors (Lipinski definition) is 0. The SMILES string of the molecule is N#Cc1ccc(CN2CCCN(Cc3ccc(S(=O)(=O)C(F)F)cc3)CC2)cc1. The number of rotatable bonds is 6. The molecule has 29 heavy (non-hydrogen) atoms. The van der Waals surface area contributed by atoms with Crippen LogP contribution in [-0.4, -0.2) is 50.2 Å². The van der Waals surface area contributed by atoms with Crippen LogP contribution in [0.25, 0.3) is 0 Å². The van der Waals surface area contributed by atoms with E-state index >= 15 is 0 Å². The Morgan fingerprint density at radius 3 is 1.79 bits per heavy atom. The molecule has 0 aromatic heterocycles. The van der Waals surface area contributed by atoms with Crippen LogP contribution in [-0.2, 0) is 22.9 Å². The summed E-state index contributed by atoms with van der Waals surface area (Å²) in [5.74, 6) is -3.40. The average molecular weight is 419 g/mol. The van der Waals surface area contributed by atoms with Crippen molar-refractivity contribution < 1.29 is 17.2 Å². The van der Waals surface area contributed by atoms with E-state index < -0.39 is 15.6 Å². The first-order chi connectivity index (χ1) is 13.9. The van der Waals surface area contributed by atoms with Crippen LogP contribution in [0.4, 0.5) is 8.78 Å². The fraction of sp³-hybridized carbons (Fsp3) is 0.381. The van der Waals surface area contributed by atoms with Crippen molar-refractivity contribution in [2.45, 2.75) is 30.2 Å². The Morgan fingerprint density at radius 1 is 0.862 bits per heavy atom. The van der Waals surface area contributed by atoms with Crippen LogP contribution in [0.3, 0.4) is 0 Å². The third kappa shape index (κ3) is 5.60. The zero-order valence-electron chi connectivity index (χ0n) is 16.0. The van der Waals surface area contributed by atoms with E-state index in [-0.39, 0.29) is 4.90 Å². The lowest BCUT2D eigenvalue weighted by molar-refractivity contribution is 0.234. The Kier molecular flexibility index (Phi) is 6.96. The van der Waals surface area contributed by atoms with Gasteiger partial charge in [-0.15, -0.1) is 0 Å². The van der Waals surface area contributed by atoms with Crippen LogP contribution >= 0.6 is 0 Å². The molecule has 2 aromatic carbocycles. The lowest BCUT2D eigenvalue weighted by Crippen LogP contribution is -2.30. The summed E-state index contributed by atoms with van der Waals surface area (Å²) in [7, 11) is -4.55. The molecule has 3 rings (SSSR count). The van der Waals surface area contributed by atoms with E-state index in [1.165, 1.54) is 17.7 Å². The molecular formula is C21H23F2N3O2S. The van der Waals surface area contributed by atoms with Crippen LogP contribution in [0.2, 0.25) is 0 Å². The van der Waals surface area contributed by atoms with Gasteiger partial charge in [0.2, 0.25) is 9.84 Å².